The summed E-state index contributed by atoms with van der Waals surface area (Å²) in [5, 5.41) is 0. The van der Waals surface area contributed by atoms with Gasteiger partial charge >= 0.3 is 0 Å². The molecule has 3 rings (SSSR count). The molecule has 1 aliphatic rings. The van der Waals surface area contributed by atoms with Gasteiger partial charge in [-0.05, 0) is 29.7 Å². The van der Waals surface area contributed by atoms with Gasteiger partial charge in [-0.2, -0.15) is 0 Å². The van der Waals surface area contributed by atoms with Crippen molar-refractivity contribution in [2.45, 2.75) is 25.8 Å². The van der Waals surface area contributed by atoms with Crippen molar-refractivity contribution in [3.63, 3.8) is 0 Å². The second-order valence-electron chi connectivity index (χ2n) is 6.27. The Labute approximate surface area is 155 Å². The zero-order chi connectivity index (χ0) is 18.5. The number of carbonyl (C=O) groups is 2. The van der Waals surface area contributed by atoms with Crippen LogP contribution in [0.5, 0.6) is 5.75 Å². The summed E-state index contributed by atoms with van der Waals surface area (Å²) in [6.07, 6.45) is 2.66. The highest BCUT2D eigenvalue weighted by molar-refractivity contribution is 7.79. The van der Waals surface area contributed by atoms with Gasteiger partial charge < -0.3 is 9.08 Å². The van der Waals surface area contributed by atoms with Crippen LogP contribution in [0.1, 0.15) is 34.3 Å². The molecular weight excluding hydrogens is 350 g/mol. The van der Waals surface area contributed by atoms with E-state index in [1.54, 1.807) is 23.1 Å². The lowest BCUT2D eigenvalue weighted by atomic mass is 9.99. The normalized spacial score (nSPS) is 14.4. The van der Waals surface area contributed by atoms with Crippen molar-refractivity contribution in [2.24, 2.45) is 0 Å². The molecule has 2 aromatic carbocycles. The summed E-state index contributed by atoms with van der Waals surface area (Å²) in [5.41, 5.74) is 2.81. The third-order valence-corrected chi connectivity index (χ3v) is 4.85. The van der Waals surface area contributed by atoms with E-state index in [9.17, 15) is 13.8 Å². The molecule has 0 aromatic heterocycles. The summed E-state index contributed by atoms with van der Waals surface area (Å²) in [5.74, 6) is 0.501. The molecule has 0 aliphatic carbocycles. The molecule has 1 heterocycles. The monoisotopic (exact) mass is 371 g/mol. The molecule has 26 heavy (non-hydrogen) atoms. The van der Waals surface area contributed by atoms with E-state index in [0.717, 1.165) is 12.0 Å². The van der Waals surface area contributed by atoms with Crippen molar-refractivity contribution in [1.29, 1.82) is 0 Å². The van der Waals surface area contributed by atoms with Gasteiger partial charge in [0.15, 0.2) is 5.78 Å². The summed E-state index contributed by atoms with van der Waals surface area (Å²) < 4.78 is 16.4. The van der Waals surface area contributed by atoms with Crippen molar-refractivity contribution >= 4 is 22.8 Å². The van der Waals surface area contributed by atoms with Crippen molar-refractivity contribution in [3.05, 3.63) is 65.2 Å². The van der Waals surface area contributed by atoms with Gasteiger partial charge in [0.05, 0.1) is 0 Å². The number of ketones is 1. The number of carbonyl (C=O) groups excluding carboxylic acids is 2. The lowest BCUT2D eigenvalue weighted by Crippen LogP contribution is -2.36. The van der Waals surface area contributed by atoms with Crippen molar-refractivity contribution < 1.29 is 18.0 Å². The van der Waals surface area contributed by atoms with Gasteiger partial charge in [-0.15, -0.1) is 0 Å². The number of fused-ring (bicyclic) bond motifs is 1. The van der Waals surface area contributed by atoms with E-state index in [2.05, 4.69) is 0 Å². The van der Waals surface area contributed by atoms with Gasteiger partial charge in [0.1, 0.15) is 5.75 Å². The Bertz CT molecular complexity index is 835. The third-order valence-electron chi connectivity index (χ3n) is 4.42. The third kappa shape index (κ3) is 4.58. The van der Waals surface area contributed by atoms with Crippen LogP contribution in [0, 0.1) is 0 Å². The van der Waals surface area contributed by atoms with Gasteiger partial charge in [-0.1, -0.05) is 36.4 Å². The highest BCUT2D eigenvalue weighted by Gasteiger charge is 2.22. The zero-order valence-electron chi connectivity index (χ0n) is 14.6. The van der Waals surface area contributed by atoms with Crippen LogP contribution in [0.25, 0.3) is 0 Å². The average molecular weight is 371 g/mol. The molecular formula is C20H21NO4S. The molecule has 1 unspecified atom stereocenters. The molecule has 136 valence electrons. The van der Waals surface area contributed by atoms with Crippen LogP contribution < -0.4 is 4.18 Å². The molecule has 1 aliphatic heterocycles. The molecule has 6 heteroatoms. The van der Waals surface area contributed by atoms with Crippen LogP contribution in [-0.4, -0.2) is 33.6 Å². The summed E-state index contributed by atoms with van der Waals surface area (Å²) in [7, 11) is 0. The molecule has 1 amide bonds. The smallest absolute Gasteiger partial charge is 0.223 e. The minimum atomic E-state index is -1.38. The molecule has 0 N–H and O–H groups in total. The maximum Gasteiger partial charge on any atom is 0.223 e. The lowest BCUT2D eigenvalue weighted by molar-refractivity contribution is -0.132. The Hall–Kier alpha value is -2.47. The van der Waals surface area contributed by atoms with Crippen LogP contribution in [0.3, 0.4) is 0 Å². The van der Waals surface area contributed by atoms with E-state index in [1.165, 1.54) is 11.8 Å². The van der Waals surface area contributed by atoms with Crippen LogP contribution >= 0.6 is 0 Å². The first-order valence-corrected chi connectivity index (χ1v) is 10.0. The van der Waals surface area contributed by atoms with Gasteiger partial charge in [-0.3, -0.25) is 9.59 Å². The molecule has 0 spiro atoms. The van der Waals surface area contributed by atoms with Gasteiger partial charge in [0.25, 0.3) is 0 Å². The Morgan fingerprint density at radius 3 is 2.58 bits per heavy atom. The summed E-state index contributed by atoms with van der Waals surface area (Å²) in [4.78, 5) is 26.4. The van der Waals surface area contributed by atoms with Crippen LogP contribution in [0.2, 0.25) is 0 Å². The number of rotatable bonds is 6. The van der Waals surface area contributed by atoms with E-state index < -0.39 is 11.1 Å². The Kier molecular flexibility index (Phi) is 5.83. The minimum absolute atomic E-state index is 0.0162. The Balaban J connectivity index is 1.60. The van der Waals surface area contributed by atoms with Gasteiger partial charge in [0, 0.05) is 37.8 Å². The number of benzene rings is 2. The van der Waals surface area contributed by atoms with Crippen molar-refractivity contribution in [2.75, 3.05) is 12.8 Å². The fraction of sp³-hybridized carbons (Fsp3) is 0.300. The summed E-state index contributed by atoms with van der Waals surface area (Å²) in [6, 6.07) is 14.6. The number of amides is 1. The first-order chi connectivity index (χ1) is 12.5. The predicted octanol–water partition coefficient (Wildman–Crippen LogP) is 2.91. The second-order valence-corrected chi connectivity index (χ2v) is 7.24. The van der Waals surface area contributed by atoms with Crippen molar-refractivity contribution in [3.8, 4) is 5.75 Å². The summed E-state index contributed by atoms with van der Waals surface area (Å²) >= 11 is -1.38. The molecule has 5 nitrogen and oxygen atoms in total. The first kappa shape index (κ1) is 18.3. The maximum absolute atomic E-state index is 12.5. The van der Waals surface area contributed by atoms with Gasteiger partial charge in [0.2, 0.25) is 17.0 Å². The number of Topliss-reactive ketones (excluding diaryl/α,β-unsaturated/α-hetero) is 1. The molecule has 1 atom stereocenters. The summed E-state index contributed by atoms with van der Waals surface area (Å²) in [6.45, 7) is 1.13. The molecule has 2 aromatic rings. The zero-order valence-corrected chi connectivity index (χ0v) is 15.5. The van der Waals surface area contributed by atoms with E-state index in [0.29, 0.717) is 24.4 Å². The molecule has 0 bridgehead atoms. The topological polar surface area (TPSA) is 63.7 Å². The predicted molar refractivity (Wildman–Crippen MR) is 100 cm³/mol. The van der Waals surface area contributed by atoms with E-state index in [-0.39, 0.29) is 24.5 Å². The Morgan fingerprint density at radius 2 is 1.85 bits per heavy atom. The molecule has 0 fully saturated rings. The molecule has 0 saturated heterocycles. The highest BCUT2D eigenvalue weighted by atomic mass is 32.2. The first-order valence-electron chi connectivity index (χ1n) is 8.52. The van der Waals surface area contributed by atoms with E-state index in [1.807, 2.05) is 30.3 Å². The minimum Gasteiger partial charge on any atom is -0.401 e. The Morgan fingerprint density at radius 1 is 1.08 bits per heavy atom. The number of hydrogen-bond acceptors (Lipinski definition) is 4. The SMILES string of the molecule is CS(=O)Oc1ccc2c(c1)CN(C(=O)CCC(=O)c1ccccc1)CC2. The average Bonchev–Trinajstić information content (AvgIpc) is 2.65. The van der Waals surface area contributed by atoms with Crippen LogP contribution in [0.15, 0.2) is 48.5 Å². The standard InChI is InChI=1S/C20H21NO4S/c1-26(24)25-18-8-7-15-11-12-21(14-17(15)13-18)20(23)10-9-19(22)16-5-3-2-4-6-16/h2-8,13H,9-12,14H2,1H3. The molecule has 0 radical (unpaired) electrons. The van der Waals surface area contributed by atoms with E-state index >= 15 is 0 Å². The largest absolute Gasteiger partial charge is 0.401 e. The number of nitrogens with zero attached hydrogens (tertiary/aromatic N) is 1. The fourth-order valence-corrected chi connectivity index (χ4v) is 3.46. The highest BCUT2D eigenvalue weighted by Crippen LogP contribution is 2.25. The quantitative estimate of drug-likeness (QED) is 0.733. The maximum atomic E-state index is 12.5. The lowest BCUT2D eigenvalue weighted by Gasteiger charge is -2.29. The van der Waals surface area contributed by atoms with Gasteiger partial charge in [-0.25, -0.2) is 4.21 Å². The fourth-order valence-electron chi connectivity index (χ4n) is 3.08. The van der Waals surface area contributed by atoms with Crippen LogP contribution in [-0.2, 0) is 28.8 Å². The second kappa shape index (κ2) is 8.27. The van der Waals surface area contributed by atoms with Crippen molar-refractivity contribution in [1.82, 2.24) is 4.90 Å². The van der Waals surface area contributed by atoms with Crippen LogP contribution in [0.4, 0.5) is 0 Å². The molecule has 0 saturated carbocycles. The number of hydrogen-bond donors (Lipinski definition) is 0. The van der Waals surface area contributed by atoms with E-state index in [4.69, 9.17) is 4.18 Å².